The maximum Gasteiger partial charge on any atom is 0.224 e. The van der Waals surface area contributed by atoms with Crippen LogP contribution in [0.5, 0.6) is 23.0 Å². The van der Waals surface area contributed by atoms with E-state index < -0.39 is 0 Å². The highest BCUT2D eigenvalue weighted by molar-refractivity contribution is 5.97. The second-order valence-electron chi connectivity index (χ2n) is 6.25. The first-order valence-electron chi connectivity index (χ1n) is 9.05. The van der Waals surface area contributed by atoms with Gasteiger partial charge in [-0.25, -0.2) is 0 Å². The highest BCUT2D eigenvalue weighted by Crippen LogP contribution is 2.31. The lowest BCUT2D eigenvalue weighted by Crippen LogP contribution is -2.16. The van der Waals surface area contributed by atoms with Crippen LogP contribution in [0.25, 0.3) is 0 Å². The third-order valence-electron chi connectivity index (χ3n) is 4.35. The molecule has 2 aromatic rings. The van der Waals surface area contributed by atoms with Crippen LogP contribution >= 0.6 is 0 Å². The predicted molar refractivity (Wildman–Crippen MR) is 104 cm³/mol. The van der Waals surface area contributed by atoms with Crippen LogP contribution in [0.4, 0.5) is 5.69 Å². The van der Waals surface area contributed by atoms with Gasteiger partial charge in [0.2, 0.25) is 5.91 Å². The first-order valence-corrected chi connectivity index (χ1v) is 9.05. The monoisotopic (exact) mass is 385 g/mol. The van der Waals surface area contributed by atoms with E-state index in [1.54, 1.807) is 43.5 Å². The van der Waals surface area contributed by atoms with Gasteiger partial charge in [0.05, 0.1) is 19.9 Å². The molecule has 7 heteroatoms. The van der Waals surface area contributed by atoms with Gasteiger partial charge in [-0.15, -0.1) is 0 Å². The van der Waals surface area contributed by atoms with Gasteiger partial charge in [0.15, 0.2) is 17.3 Å². The van der Waals surface area contributed by atoms with Crippen LogP contribution in [0, 0.1) is 0 Å². The SMILES string of the molecule is COc1ccc(NC(=O)CCCC(=O)c2ccc3c(c2)OCCO3)c(OC)c1. The molecule has 1 amide bonds. The molecule has 28 heavy (non-hydrogen) atoms. The molecular formula is C21H23NO6. The second-order valence-corrected chi connectivity index (χ2v) is 6.25. The zero-order valence-corrected chi connectivity index (χ0v) is 15.9. The number of carbonyl (C=O) groups is 2. The molecule has 1 aliphatic rings. The molecule has 0 radical (unpaired) electrons. The molecule has 2 aromatic carbocycles. The van der Waals surface area contributed by atoms with Crippen molar-refractivity contribution in [2.75, 3.05) is 32.8 Å². The Kier molecular flexibility index (Phi) is 6.37. The van der Waals surface area contributed by atoms with Gasteiger partial charge in [0.1, 0.15) is 24.7 Å². The van der Waals surface area contributed by atoms with Crippen molar-refractivity contribution in [2.24, 2.45) is 0 Å². The van der Waals surface area contributed by atoms with E-state index in [0.717, 1.165) is 0 Å². The number of anilines is 1. The standard InChI is InChI=1S/C21H23NO6/c1-25-15-7-8-16(19(13-15)26-2)22-21(24)5-3-4-17(23)14-6-9-18-20(12-14)28-11-10-27-18/h6-9,12-13H,3-5,10-11H2,1-2H3,(H,22,24). The average molecular weight is 385 g/mol. The zero-order chi connectivity index (χ0) is 19.9. The lowest BCUT2D eigenvalue weighted by Gasteiger charge is -2.18. The summed E-state index contributed by atoms with van der Waals surface area (Å²) in [6.07, 6.45) is 0.940. The van der Waals surface area contributed by atoms with Crippen molar-refractivity contribution >= 4 is 17.4 Å². The van der Waals surface area contributed by atoms with Gasteiger partial charge in [-0.05, 0) is 36.8 Å². The number of carbonyl (C=O) groups excluding carboxylic acids is 2. The number of hydrogen-bond acceptors (Lipinski definition) is 6. The molecule has 1 heterocycles. The van der Waals surface area contributed by atoms with E-state index in [4.69, 9.17) is 18.9 Å². The van der Waals surface area contributed by atoms with Gasteiger partial charge in [-0.3, -0.25) is 9.59 Å². The summed E-state index contributed by atoms with van der Waals surface area (Å²) in [6, 6.07) is 10.3. The number of methoxy groups -OCH3 is 2. The van der Waals surface area contributed by atoms with Crippen LogP contribution in [0.3, 0.4) is 0 Å². The maximum absolute atomic E-state index is 12.4. The Bertz CT molecular complexity index is 864. The lowest BCUT2D eigenvalue weighted by atomic mass is 10.0. The van der Waals surface area contributed by atoms with Crippen molar-refractivity contribution < 1.29 is 28.5 Å². The molecule has 0 saturated carbocycles. The summed E-state index contributed by atoms with van der Waals surface area (Å²) >= 11 is 0. The van der Waals surface area contributed by atoms with Crippen LogP contribution in [-0.4, -0.2) is 39.1 Å². The number of nitrogens with one attached hydrogen (secondary N) is 1. The zero-order valence-electron chi connectivity index (χ0n) is 15.9. The fraction of sp³-hybridized carbons (Fsp3) is 0.333. The Labute approximate surface area is 163 Å². The fourth-order valence-corrected chi connectivity index (χ4v) is 2.89. The van der Waals surface area contributed by atoms with Crippen molar-refractivity contribution in [3.05, 3.63) is 42.0 Å². The molecule has 0 atom stereocenters. The molecule has 0 unspecified atom stereocenters. The van der Waals surface area contributed by atoms with E-state index in [1.165, 1.54) is 7.11 Å². The third kappa shape index (κ3) is 4.73. The number of fused-ring (bicyclic) bond motifs is 1. The second kappa shape index (κ2) is 9.12. The molecule has 0 aliphatic carbocycles. The molecule has 148 valence electrons. The molecule has 3 rings (SSSR count). The van der Waals surface area contributed by atoms with Gasteiger partial charge in [0, 0.05) is 24.5 Å². The van der Waals surface area contributed by atoms with E-state index in [1.807, 2.05) is 0 Å². The third-order valence-corrected chi connectivity index (χ3v) is 4.35. The molecule has 1 N–H and O–H groups in total. The van der Waals surface area contributed by atoms with E-state index in [-0.39, 0.29) is 24.5 Å². The minimum absolute atomic E-state index is 0.0354. The van der Waals surface area contributed by atoms with Crippen molar-refractivity contribution in [2.45, 2.75) is 19.3 Å². The topological polar surface area (TPSA) is 83.1 Å². The highest BCUT2D eigenvalue weighted by Gasteiger charge is 2.15. The molecule has 0 aromatic heterocycles. The predicted octanol–water partition coefficient (Wildman–Crippen LogP) is 3.47. The normalized spacial score (nSPS) is 12.2. The molecule has 0 spiro atoms. The average Bonchev–Trinajstić information content (AvgIpc) is 2.73. The Hall–Kier alpha value is -3.22. The first-order chi connectivity index (χ1) is 13.6. The molecule has 1 aliphatic heterocycles. The fourth-order valence-electron chi connectivity index (χ4n) is 2.89. The summed E-state index contributed by atoms with van der Waals surface area (Å²) in [5.74, 6) is 2.17. The summed E-state index contributed by atoms with van der Waals surface area (Å²) in [6.45, 7) is 0.980. The molecule has 7 nitrogen and oxygen atoms in total. The number of ether oxygens (including phenoxy) is 4. The van der Waals surface area contributed by atoms with Crippen LogP contribution in [0.15, 0.2) is 36.4 Å². The number of amides is 1. The van der Waals surface area contributed by atoms with Crippen molar-refractivity contribution in [3.63, 3.8) is 0 Å². The van der Waals surface area contributed by atoms with Crippen LogP contribution in [0.1, 0.15) is 29.6 Å². The number of hydrogen-bond donors (Lipinski definition) is 1. The Morgan fingerprint density at radius 1 is 0.964 bits per heavy atom. The number of benzene rings is 2. The first kappa shape index (κ1) is 19.5. The number of rotatable bonds is 8. The van der Waals surface area contributed by atoms with Crippen molar-refractivity contribution in [1.29, 1.82) is 0 Å². The number of ketones is 1. The van der Waals surface area contributed by atoms with E-state index in [9.17, 15) is 9.59 Å². The largest absolute Gasteiger partial charge is 0.497 e. The highest BCUT2D eigenvalue weighted by atomic mass is 16.6. The minimum atomic E-state index is -0.182. The summed E-state index contributed by atoms with van der Waals surface area (Å²) < 4.78 is 21.4. The van der Waals surface area contributed by atoms with E-state index >= 15 is 0 Å². The van der Waals surface area contributed by atoms with Gasteiger partial charge >= 0.3 is 0 Å². The van der Waals surface area contributed by atoms with Crippen LogP contribution < -0.4 is 24.3 Å². The Morgan fingerprint density at radius 2 is 1.75 bits per heavy atom. The summed E-state index contributed by atoms with van der Waals surface area (Å²) in [4.78, 5) is 24.6. The van der Waals surface area contributed by atoms with E-state index in [0.29, 0.717) is 53.9 Å². The summed E-state index contributed by atoms with van der Waals surface area (Å²) in [5.41, 5.74) is 1.12. The lowest BCUT2D eigenvalue weighted by molar-refractivity contribution is -0.116. The van der Waals surface area contributed by atoms with Gasteiger partial charge in [0.25, 0.3) is 0 Å². The summed E-state index contributed by atoms with van der Waals surface area (Å²) in [5, 5.41) is 2.80. The van der Waals surface area contributed by atoms with Gasteiger partial charge < -0.3 is 24.3 Å². The number of Topliss-reactive ketones (excluding diaryl/α,β-unsaturated/α-hetero) is 1. The van der Waals surface area contributed by atoms with Gasteiger partial charge in [-0.2, -0.15) is 0 Å². The smallest absolute Gasteiger partial charge is 0.224 e. The summed E-state index contributed by atoms with van der Waals surface area (Å²) in [7, 11) is 3.09. The van der Waals surface area contributed by atoms with Gasteiger partial charge in [-0.1, -0.05) is 0 Å². The minimum Gasteiger partial charge on any atom is -0.497 e. The molecule has 0 bridgehead atoms. The molecule has 0 fully saturated rings. The Morgan fingerprint density at radius 3 is 2.50 bits per heavy atom. The quantitative estimate of drug-likeness (QED) is 0.701. The van der Waals surface area contributed by atoms with Crippen molar-refractivity contribution in [3.8, 4) is 23.0 Å². The maximum atomic E-state index is 12.4. The van der Waals surface area contributed by atoms with Crippen LogP contribution in [-0.2, 0) is 4.79 Å². The van der Waals surface area contributed by atoms with E-state index in [2.05, 4.69) is 5.32 Å². The molecule has 0 saturated heterocycles. The van der Waals surface area contributed by atoms with Crippen LogP contribution in [0.2, 0.25) is 0 Å². The van der Waals surface area contributed by atoms with Crippen molar-refractivity contribution in [1.82, 2.24) is 0 Å². The Balaban J connectivity index is 1.51. The molecular weight excluding hydrogens is 362 g/mol.